The van der Waals surface area contributed by atoms with Crippen molar-refractivity contribution in [2.24, 2.45) is 23.7 Å². The first kappa shape index (κ1) is 16.0. The summed E-state index contributed by atoms with van der Waals surface area (Å²) in [4.78, 5) is 23.2. The fourth-order valence-corrected chi connectivity index (χ4v) is 3.56. The molecule has 1 saturated heterocycles. The summed E-state index contributed by atoms with van der Waals surface area (Å²) in [5, 5.41) is 0. The van der Waals surface area contributed by atoms with Crippen molar-refractivity contribution >= 4 is 11.9 Å². The molecule has 5 nitrogen and oxygen atoms in total. The third-order valence-electron chi connectivity index (χ3n) is 4.67. The van der Waals surface area contributed by atoms with Gasteiger partial charge in [-0.3, -0.25) is 4.79 Å². The maximum Gasteiger partial charge on any atom is 0.335 e. The molecule has 1 aliphatic carbocycles. The van der Waals surface area contributed by atoms with E-state index in [-0.39, 0.29) is 11.9 Å². The molecule has 1 saturated carbocycles. The van der Waals surface area contributed by atoms with E-state index in [2.05, 4.69) is 13.5 Å². The van der Waals surface area contributed by atoms with Gasteiger partial charge in [0.25, 0.3) is 0 Å². The van der Waals surface area contributed by atoms with Gasteiger partial charge in [0.05, 0.1) is 12.5 Å². The normalized spacial score (nSPS) is 32.4. The van der Waals surface area contributed by atoms with Gasteiger partial charge >= 0.3 is 11.9 Å². The van der Waals surface area contributed by atoms with Gasteiger partial charge in [0.2, 0.25) is 6.29 Å². The van der Waals surface area contributed by atoms with Crippen molar-refractivity contribution in [2.45, 2.75) is 39.4 Å². The number of carbonyl (C=O) groups is 2. The summed E-state index contributed by atoms with van der Waals surface area (Å²) in [5.41, 5.74) is 0.362. The second-order valence-electron chi connectivity index (χ2n) is 6.22. The first-order valence-electron chi connectivity index (χ1n) is 7.50. The van der Waals surface area contributed by atoms with E-state index in [9.17, 15) is 9.59 Å². The molecule has 1 heterocycles. The second-order valence-corrected chi connectivity index (χ2v) is 6.22. The van der Waals surface area contributed by atoms with Gasteiger partial charge in [-0.1, -0.05) is 13.5 Å². The molecule has 0 amide bonds. The van der Waals surface area contributed by atoms with Crippen molar-refractivity contribution in [1.29, 1.82) is 0 Å². The Hall–Kier alpha value is -1.36. The molecular weight excluding hydrogens is 272 g/mol. The Bertz CT molecular complexity index is 430. The first-order chi connectivity index (χ1) is 9.93. The predicted molar refractivity (Wildman–Crippen MR) is 76.1 cm³/mol. The average Bonchev–Trinajstić information content (AvgIpc) is 2.96. The molecular formula is C16H24O5. The van der Waals surface area contributed by atoms with Gasteiger partial charge in [0.1, 0.15) is 0 Å². The van der Waals surface area contributed by atoms with Crippen molar-refractivity contribution < 1.29 is 23.8 Å². The van der Waals surface area contributed by atoms with Crippen LogP contribution in [0.1, 0.15) is 33.1 Å². The molecule has 0 spiro atoms. The summed E-state index contributed by atoms with van der Waals surface area (Å²) in [5.74, 6) is 0.674. The molecule has 5 heteroatoms. The smallest absolute Gasteiger partial charge is 0.335 e. The number of hydrogen-bond donors (Lipinski definition) is 0. The van der Waals surface area contributed by atoms with Crippen molar-refractivity contribution in [3.8, 4) is 0 Å². The maximum absolute atomic E-state index is 11.7. The molecule has 0 bridgehead atoms. The SMILES string of the molecule is C=C(C)C(=O)OC(CCC1CC(C)C2C(=O)OCC12)OC. The van der Waals surface area contributed by atoms with Crippen LogP contribution in [-0.2, 0) is 23.8 Å². The van der Waals surface area contributed by atoms with E-state index in [1.54, 1.807) is 6.92 Å². The second kappa shape index (κ2) is 6.60. The van der Waals surface area contributed by atoms with Crippen molar-refractivity contribution in [3.05, 3.63) is 12.2 Å². The maximum atomic E-state index is 11.7. The summed E-state index contributed by atoms with van der Waals surface area (Å²) in [6.45, 7) is 7.81. The van der Waals surface area contributed by atoms with Crippen LogP contribution < -0.4 is 0 Å². The number of ether oxygens (including phenoxy) is 3. The quantitative estimate of drug-likeness (QED) is 0.427. The molecule has 118 valence electrons. The Balaban J connectivity index is 1.86. The Labute approximate surface area is 125 Å². The Morgan fingerprint density at radius 1 is 1.52 bits per heavy atom. The molecule has 0 N–H and O–H groups in total. The highest BCUT2D eigenvalue weighted by Gasteiger charge is 2.50. The number of cyclic esters (lactones) is 1. The molecule has 2 aliphatic rings. The summed E-state index contributed by atoms with van der Waals surface area (Å²) in [7, 11) is 1.53. The van der Waals surface area contributed by atoms with Crippen LogP contribution in [0.15, 0.2) is 12.2 Å². The minimum Gasteiger partial charge on any atom is -0.465 e. The van der Waals surface area contributed by atoms with E-state index in [0.29, 0.717) is 36.4 Å². The highest BCUT2D eigenvalue weighted by atomic mass is 16.7. The number of rotatable bonds is 6. The van der Waals surface area contributed by atoms with Crippen LogP contribution in [0.5, 0.6) is 0 Å². The van der Waals surface area contributed by atoms with Crippen LogP contribution in [0.2, 0.25) is 0 Å². The summed E-state index contributed by atoms with van der Waals surface area (Å²) >= 11 is 0. The van der Waals surface area contributed by atoms with Gasteiger partial charge < -0.3 is 14.2 Å². The van der Waals surface area contributed by atoms with Crippen LogP contribution >= 0.6 is 0 Å². The molecule has 0 aromatic heterocycles. The third kappa shape index (κ3) is 3.46. The number of methoxy groups -OCH3 is 1. The lowest BCUT2D eigenvalue weighted by Gasteiger charge is -2.20. The largest absolute Gasteiger partial charge is 0.465 e. The fourth-order valence-electron chi connectivity index (χ4n) is 3.56. The van der Waals surface area contributed by atoms with Gasteiger partial charge in [-0.15, -0.1) is 0 Å². The van der Waals surface area contributed by atoms with E-state index in [1.807, 2.05) is 0 Å². The summed E-state index contributed by atoms with van der Waals surface area (Å²) < 4.78 is 15.6. The lowest BCUT2D eigenvalue weighted by atomic mass is 9.88. The highest BCUT2D eigenvalue weighted by Crippen LogP contribution is 2.47. The van der Waals surface area contributed by atoms with Crippen molar-refractivity contribution in [2.75, 3.05) is 13.7 Å². The van der Waals surface area contributed by atoms with E-state index in [4.69, 9.17) is 14.2 Å². The van der Waals surface area contributed by atoms with E-state index >= 15 is 0 Å². The standard InChI is InChI=1S/C16H24O5/c1-9(2)15(17)21-13(19-4)6-5-11-7-10(3)14-12(11)8-20-16(14)18/h10-14H,1,5-8H2,2-4H3. The monoisotopic (exact) mass is 296 g/mol. The molecule has 0 radical (unpaired) electrons. The molecule has 21 heavy (non-hydrogen) atoms. The highest BCUT2D eigenvalue weighted by molar-refractivity contribution is 5.87. The first-order valence-corrected chi connectivity index (χ1v) is 7.50. The van der Waals surface area contributed by atoms with Crippen LogP contribution in [-0.4, -0.2) is 31.9 Å². The molecule has 0 aromatic rings. The van der Waals surface area contributed by atoms with E-state index in [0.717, 1.165) is 12.8 Å². The lowest BCUT2D eigenvalue weighted by molar-refractivity contribution is -0.170. The van der Waals surface area contributed by atoms with Gasteiger partial charge in [-0.2, -0.15) is 0 Å². The van der Waals surface area contributed by atoms with E-state index < -0.39 is 12.3 Å². The minimum atomic E-state index is -0.554. The Morgan fingerprint density at radius 3 is 2.86 bits per heavy atom. The zero-order chi connectivity index (χ0) is 15.6. The van der Waals surface area contributed by atoms with Crippen molar-refractivity contribution in [3.63, 3.8) is 0 Å². The third-order valence-corrected chi connectivity index (χ3v) is 4.67. The zero-order valence-electron chi connectivity index (χ0n) is 13.0. The molecule has 5 atom stereocenters. The van der Waals surface area contributed by atoms with Gasteiger partial charge in [0, 0.05) is 25.0 Å². The molecule has 2 fully saturated rings. The van der Waals surface area contributed by atoms with Crippen LogP contribution in [0, 0.1) is 23.7 Å². The number of fused-ring (bicyclic) bond motifs is 1. The Kier molecular flexibility index (Phi) is 5.04. The van der Waals surface area contributed by atoms with Crippen LogP contribution in [0.4, 0.5) is 0 Å². The number of hydrogen-bond acceptors (Lipinski definition) is 5. The van der Waals surface area contributed by atoms with Gasteiger partial charge in [-0.25, -0.2) is 4.79 Å². The topological polar surface area (TPSA) is 61.8 Å². The predicted octanol–water partition coefficient (Wildman–Crippen LogP) is 2.30. The summed E-state index contributed by atoms with van der Waals surface area (Å²) in [6.07, 6.45) is 1.96. The van der Waals surface area contributed by atoms with Gasteiger partial charge in [-0.05, 0) is 31.6 Å². The van der Waals surface area contributed by atoms with Crippen LogP contribution in [0.3, 0.4) is 0 Å². The average molecular weight is 296 g/mol. The molecule has 5 unspecified atom stereocenters. The number of carbonyl (C=O) groups excluding carboxylic acids is 2. The van der Waals surface area contributed by atoms with Gasteiger partial charge in [0.15, 0.2) is 0 Å². The van der Waals surface area contributed by atoms with Crippen LogP contribution in [0.25, 0.3) is 0 Å². The minimum absolute atomic E-state index is 0.0491. The van der Waals surface area contributed by atoms with Crippen molar-refractivity contribution in [1.82, 2.24) is 0 Å². The van der Waals surface area contributed by atoms with E-state index in [1.165, 1.54) is 7.11 Å². The lowest BCUT2D eigenvalue weighted by Crippen LogP contribution is -2.23. The Morgan fingerprint density at radius 2 is 2.24 bits per heavy atom. The molecule has 2 rings (SSSR count). The molecule has 1 aliphatic heterocycles. The molecule has 0 aromatic carbocycles. The summed E-state index contributed by atoms with van der Waals surface area (Å²) in [6, 6.07) is 0. The number of esters is 2. The fraction of sp³-hybridized carbons (Fsp3) is 0.750. The zero-order valence-corrected chi connectivity index (χ0v) is 13.0.